The van der Waals surface area contributed by atoms with Crippen molar-refractivity contribution in [1.82, 2.24) is 14.7 Å². The Balaban J connectivity index is 1.71. The predicted molar refractivity (Wildman–Crippen MR) is 101 cm³/mol. The van der Waals surface area contributed by atoms with Crippen molar-refractivity contribution in [3.63, 3.8) is 0 Å². The lowest BCUT2D eigenvalue weighted by Gasteiger charge is -2.34. The highest BCUT2D eigenvalue weighted by atomic mass is 16.6. The summed E-state index contributed by atoms with van der Waals surface area (Å²) in [6, 6.07) is 4.65. The summed E-state index contributed by atoms with van der Waals surface area (Å²) in [6.07, 6.45) is -0.374. The summed E-state index contributed by atoms with van der Waals surface area (Å²) < 4.78 is 4.98. The number of imide groups is 1. The molecule has 0 atom stereocenters. The Bertz CT molecular complexity index is 812. The maximum Gasteiger partial charge on any atom is 0.409 e. The fraction of sp³-hybridized carbons (Fsp3) is 0.500. The minimum atomic E-state index is -0.374. The Labute approximate surface area is 164 Å². The van der Waals surface area contributed by atoms with Gasteiger partial charge in [-0.15, -0.1) is 0 Å². The van der Waals surface area contributed by atoms with E-state index in [1.165, 1.54) is 11.0 Å². The highest BCUT2D eigenvalue weighted by Crippen LogP contribution is 2.25. The molecule has 2 heterocycles. The van der Waals surface area contributed by atoms with E-state index in [-0.39, 0.29) is 35.3 Å². The van der Waals surface area contributed by atoms with Crippen molar-refractivity contribution in [3.8, 4) is 0 Å². The summed E-state index contributed by atoms with van der Waals surface area (Å²) in [5, 5.41) is 0. The van der Waals surface area contributed by atoms with Crippen LogP contribution < -0.4 is 0 Å². The zero-order valence-electron chi connectivity index (χ0n) is 16.4. The molecule has 0 radical (unpaired) electrons. The molecule has 4 amide bonds. The normalized spacial score (nSPS) is 16.6. The molecule has 1 fully saturated rings. The largest absolute Gasteiger partial charge is 0.450 e. The third kappa shape index (κ3) is 3.72. The van der Waals surface area contributed by atoms with Gasteiger partial charge in [0, 0.05) is 38.3 Å². The van der Waals surface area contributed by atoms with Gasteiger partial charge in [0.05, 0.1) is 17.7 Å². The number of amides is 4. The third-order valence-electron chi connectivity index (χ3n) is 4.86. The first kappa shape index (κ1) is 19.9. The van der Waals surface area contributed by atoms with Crippen LogP contribution in [-0.2, 0) is 4.74 Å². The number of ether oxygens (including phenoxy) is 1. The molecule has 1 aromatic carbocycles. The molecule has 28 heavy (non-hydrogen) atoms. The fourth-order valence-corrected chi connectivity index (χ4v) is 3.44. The minimum Gasteiger partial charge on any atom is -0.450 e. The lowest BCUT2D eigenvalue weighted by Crippen LogP contribution is -2.50. The molecule has 8 heteroatoms. The van der Waals surface area contributed by atoms with E-state index in [9.17, 15) is 19.2 Å². The van der Waals surface area contributed by atoms with E-state index in [4.69, 9.17) is 4.74 Å². The van der Waals surface area contributed by atoms with Gasteiger partial charge in [0.25, 0.3) is 17.7 Å². The smallest absolute Gasteiger partial charge is 0.409 e. The Kier molecular flexibility index (Phi) is 5.67. The number of hydrogen-bond donors (Lipinski definition) is 0. The van der Waals surface area contributed by atoms with Crippen molar-refractivity contribution in [2.45, 2.75) is 20.8 Å². The monoisotopic (exact) mass is 387 g/mol. The maximum atomic E-state index is 12.8. The molecule has 0 aliphatic carbocycles. The Hall–Kier alpha value is -2.90. The second-order valence-corrected chi connectivity index (χ2v) is 7.35. The zero-order chi connectivity index (χ0) is 20.4. The topological polar surface area (TPSA) is 87.2 Å². The number of rotatable bonds is 4. The summed E-state index contributed by atoms with van der Waals surface area (Å²) in [5.41, 5.74) is 0.992. The lowest BCUT2D eigenvalue weighted by atomic mass is 10.0. The molecule has 0 bridgehead atoms. The lowest BCUT2D eigenvalue weighted by molar-refractivity contribution is 0.0570. The van der Waals surface area contributed by atoms with E-state index < -0.39 is 0 Å². The van der Waals surface area contributed by atoms with Crippen molar-refractivity contribution in [1.29, 1.82) is 0 Å². The number of nitrogens with zero attached hydrogens (tertiary/aromatic N) is 3. The van der Waals surface area contributed by atoms with Gasteiger partial charge in [-0.05, 0) is 31.0 Å². The third-order valence-corrected chi connectivity index (χ3v) is 4.86. The zero-order valence-corrected chi connectivity index (χ0v) is 16.4. The molecular weight excluding hydrogens is 362 g/mol. The van der Waals surface area contributed by atoms with Crippen LogP contribution in [0, 0.1) is 5.92 Å². The average Bonchev–Trinajstić information content (AvgIpc) is 2.92. The van der Waals surface area contributed by atoms with Gasteiger partial charge in [-0.1, -0.05) is 13.8 Å². The van der Waals surface area contributed by atoms with Crippen LogP contribution in [-0.4, -0.2) is 77.8 Å². The molecular formula is C20H25N3O5. The van der Waals surface area contributed by atoms with Crippen LogP contribution in [0.3, 0.4) is 0 Å². The number of carbonyl (C=O) groups is 4. The van der Waals surface area contributed by atoms with Gasteiger partial charge in [-0.25, -0.2) is 4.79 Å². The number of benzene rings is 1. The Morgan fingerprint density at radius 2 is 1.61 bits per heavy atom. The summed E-state index contributed by atoms with van der Waals surface area (Å²) in [7, 11) is 0. The van der Waals surface area contributed by atoms with E-state index in [0.717, 1.165) is 0 Å². The van der Waals surface area contributed by atoms with Gasteiger partial charge >= 0.3 is 6.09 Å². The first-order valence-electron chi connectivity index (χ1n) is 9.54. The molecule has 0 saturated carbocycles. The molecule has 0 unspecified atom stereocenters. The van der Waals surface area contributed by atoms with Crippen LogP contribution in [0.4, 0.5) is 4.79 Å². The fourth-order valence-electron chi connectivity index (χ4n) is 3.44. The van der Waals surface area contributed by atoms with Gasteiger partial charge in [0.1, 0.15) is 0 Å². The second-order valence-electron chi connectivity index (χ2n) is 7.35. The standard InChI is InChI=1S/C20H25N3O5/c1-4-28-20(27)22-9-7-21(8-10-22)17(24)14-5-6-15-16(11-14)19(26)23(18(15)25)12-13(2)3/h5-6,11,13H,4,7-10,12H2,1-3H3. The van der Waals surface area contributed by atoms with Gasteiger partial charge in [0.2, 0.25) is 0 Å². The van der Waals surface area contributed by atoms with Crippen molar-refractivity contribution in [2.75, 3.05) is 39.3 Å². The van der Waals surface area contributed by atoms with Crippen molar-refractivity contribution in [3.05, 3.63) is 34.9 Å². The van der Waals surface area contributed by atoms with Gasteiger partial charge in [-0.2, -0.15) is 0 Å². The Morgan fingerprint density at radius 1 is 1.00 bits per heavy atom. The summed E-state index contributed by atoms with van der Waals surface area (Å²) in [4.78, 5) is 54.1. The van der Waals surface area contributed by atoms with Crippen LogP contribution in [0.25, 0.3) is 0 Å². The van der Waals surface area contributed by atoms with Crippen LogP contribution in [0.2, 0.25) is 0 Å². The quantitative estimate of drug-likeness (QED) is 0.736. The van der Waals surface area contributed by atoms with Crippen LogP contribution in [0.1, 0.15) is 51.8 Å². The number of hydrogen-bond acceptors (Lipinski definition) is 5. The highest BCUT2D eigenvalue weighted by molar-refractivity contribution is 6.22. The molecule has 0 aromatic heterocycles. The minimum absolute atomic E-state index is 0.166. The molecule has 2 aliphatic rings. The van der Waals surface area contributed by atoms with E-state index in [1.54, 1.807) is 28.9 Å². The Morgan fingerprint density at radius 3 is 2.21 bits per heavy atom. The molecule has 3 rings (SSSR count). The number of carbonyl (C=O) groups excluding carboxylic acids is 4. The molecule has 1 aromatic rings. The van der Waals surface area contributed by atoms with Crippen molar-refractivity contribution < 1.29 is 23.9 Å². The first-order chi connectivity index (χ1) is 13.3. The molecule has 0 N–H and O–H groups in total. The average molecular weight is 387 g/mol. The SMILES string of the molecule is CCOC(=O)N1CCN(C(=O)c2ccc3c(c2)C(=O)N(CC(C)C)C3=O)CC1. The van der Waals surface area contributed by atoms with Gasteiger partial charge in [0.15, 0.2) is 0 Å². The van der Waals surface area contributed by atoms with Crippen molar-refractivity contribution >= 4 is 23.8 Å². The van der Waals surface area contributed by atoms with E-state index in [0.29, 0.717) is 50.5 Å². The molecule has 1 saturated heterocycles. The van der Waals surface area contributed by atoms with Crippen LogP contribution >= 0.6 is 0 Å². The molecule has 8 nitrogen and oxygen atoms in total. The first-order valence-corrected chi connectivity index (χ1v) is 9.54. The van der Waals surface area contributed by atoms with Crippen molar-refractivity contribution in [2.24, 2.45) is 5.92 Å². The number of fused-ring (bicyclic) bond motifs is 1. The van der Waals surface area contributed by atoms with Gasteiger partial charge < -0.3 is 14.5 Å². The number of piperazine rings is 1. The highest BCUT2D eigenvalue weighted by Gasteiger charge is 2.36. The molecule has 150 valence electrons. The van der Waals surface area contributed by atoms with Crippen LogP contribution in [0.15, 0.2) is 18.2 Å². The second kappa shape index (κ2) is 8.00. The summed E-state index contributed by atoms with van der Waals surface area (Å²) >= 11 is 0. The van der Waals surface area contributed by atoms with E-state index in [2.05, 4.69) is 0 Å². The predicted octanol–water partition coefficient (Wildman–Crippen LogP) is 1.85. The molecule has 2 aliphatic heterocycles. The maximum absolute atomic E-state index is 12.8. The van der Waals surface area contributed by atoms with E-state index in [1.807, 2.05) is 13.8 Å². The van der Waals surface area contributed by atoms with E-state index >= 15 is 0 Å². The summed E-state index contributed by atoms with van der Waals surface area (Å²) in [6.45, 7) is 7.87. The molecule has 0 spiro atoms. The van der Waals surface area contributed by atoms with Gasteiger partial charge in [-0.3, -0.25) is 19.3 Å². The van der Waals surface area contributed by atoms with Crippen LogP contribution in [0.5, 0.6) is 0 Å². The summed E-state index contributed by atoms with van der Waals surface area (Å²) in [5.74, 6) is -0.709.